The summed E-state index contributed by atoms with van der Waals surface area (Å²) in [7, 11) is 1.45. The first-order valence-corrected chi connectivity index (χ1v) is 8.20. The van der Waals surface area contributed by atoms with Gasteiger partial charge >= 0.3 is 5.97 Å². The zero-order chi connectivity index (χ0) is 18.3. The van der Waals surface area contributed by atoms with Crippen molar-refractivity contribution in [1.29, 1.82) is 0 Å². The highest BCUT2D eigenvalue weighted by molar-refractivity contribution is 6.32. The number of carbonyl (C=O) groups excluding carboxylic acids is 2. The van der Waals surface area contributed by atoms with Gasteiger partial charge in [-0.1, -0.05) is 18.5 Å². The predicted octanol–water partition coefficient (Wildman–Crippen LogP) is 3.21. The Morgan fingerprint density at radius 1 is 1.25 bits per heavy atom. The summed E-state index contributed by atoms with van der Waals surface area (Å²) in [6.45, 7) is 7.69. The summed E-state index contributed by atoms with van der Waals surface area (Å²) in [6, 6.07) is 2.91. The Balaban J connectivity index is 2.91. The average Bonchev–Trinajstić information content (AvgIpc) is 2.53. The average molecular weight is 358 g/mol. The molecule has 0 aliphatic heterocycles. The maximum absolute atomic E-state index is 12.2. The summed E-state index contributed by atoms with van der Waals surface area (Å²) >= 11 is 6.18. The molecule has 0 aliphatic rings. The van der Waals surface area contributed by atoms with E-state index in [9.17, 15) is 9.59 Å². The summed E-state index contributed by atoms with van der Waals surface area (Å²) < 4.78 is 16.0. The van der Waals surface area contributed by atoms with Gasteiger partial charge in [0.15, 0.2) is 17.6 Å². The molecule has 7 heteroatoms. The third kappa shape index (κ3) is 5.60. The van der Waals surface area contributed by atoms with Crippen LogP contribution in [-0.4, -0.2) is 37.7 Å². The predicted molar refractivity (Wildman–Crippen MR) is 91.9 cm³/mol. The van der Waals surface area contributed by atoms with Gasteiger partial charge in [0.05, 0.1) is 23.8 Å². The Bertz CT molecular complexity index is 589. The highest BCUT2D eigenvalue weighted by Crippen LogP contribution is 2.37. The van der Waals surface area contributed by atoms with E-state index in [4.69, 9.17) is 25.8 Å². The summed E-state index contributed by atoms with van der Waals surface area (Å²) in [6.07, 6.45) is -0.201. The van der Waals surface area contributed by atoms with Crippen molar-refractivity contribution in [2.75, 3.05) is 13.7 Å². The lowest BCUT2D eigenvalue weighted by Gasteiger charge is -2.17. The van der Waals surface area contributed by atoms with Crippen molar-refractivity contribution < 1.29 is 23.8 Å². The van der Waals surface area contributed by atoms with Crippen molar-refractivity contribution in [3.63, 3.8) is 0 Å². The van der Waals surface area contributed by atoms with Gasteiger partial charge in [0, 0.05) is 6.54 Å². The summed E-state index contributed by atoms with van der Waals surface area (Å²) in [5.41, 5.74) is 0.183. The van der Waals surface area contributed by atoms with Crippen molar-refractivity contribution in [3.05, 3.63) is 22.7 Å². The number of methoxy groups -OCH3 is 1. The lowest BCUT2D eigenvalue weighted by molar-refractivity contribution is -0.129. The van der Waals surface area contributed by atoms with Gasteiger partial charge < -0.3 is 19.5 Å². The van der Waals surface area contributed by atoms with E-state index in [1.165, 1.54) is 26.2 Å². The van der Waals surface area contributed by atoms with Crippen molar-refractivity contribution in [2.45, 2.75) is 46.3 Å². The number of rotatable bonds is 8. The summed E-state index contributed by atoms with van der Waals surface area (Å²) in [5.74, 6) is -0.320. The topological polar surface area (TPSA) is 73.9 Å². The van der Waals surface area contributed by atoms with Gasteiger partial charge in [-0.05, 0) is 39.3 Å². The molecule has 0 fully saturated rings. The molecule has 6 nitrogen and oxygen atoms in total. The number of ether oxygens (including phenoxy) is 3. The fourth-order valence-corrected chi connectivity index (χ4v) is 2.12. The molecule has 0 saturated carbocycles. The van der Waals surface area contributed by atoms with Crippen LogP contribution in [0.1, 0.15) is 44.5 Å². The molecule has 0 aromatic heterocycles. The van der Waals surface area contributed by atoms with Crippen LogP contribution in [0.3, 0.4) is 0 Å². The number of carbonyl (C=O) groups is 2. The van der Waals surface area contributed by atoms with Gasteiger partial charge in [0.2, 0.25) is 0 Å². The third-order valence-corrected chi connectivity index (χ3v) is 3.30. The van der Waals surface area contributed by atoms with Gasteiger partial charge in [-0.25, -0.2) is 4.79 Å². The standard InChI is InChI=1S/C17H24ClNO5/c1-6-7-19-16(20)11(4)24-17(21)12-8-13(18)15(23-10(2)3)14(9-12)22-5/h8-11H,6-7H2,1-5H3,(H,19,20)/t11-/m1/s1. The SMILES string of the molecule is CCCNC(=O)[C@@H](C)OC(=O)c1cc(Cl)c(OC(C)C)c(OC)c1. The van der Waals surface area contributed by atoms with E-state index >= 15 is 0 Å². The fraction of sp³-hybridized carbons (Fsp3) is 0.529. The molecule has 1 amide bonds. The second kappa shape index (κ2) is 9.37. The van der Waals surface area contributed by atoms with E-state index in [2.05, 4.69) is 5.32 Å². The van der Waals surface area contributed by atoms with Gasteiger partial charge in [0.1, 0.15) is 0 Å². The van der Waals surface area contributed by atoms with Crippen LogP contribution in [0.15, 0.2) is 12.1 Å². The Kier molecular flexibility index (Phi) is 7.85. The Labute approximate surface area is 147 Å². The van der Waals surface area contributed by atoms with Crippen molar-refractivity contribution in [2.24, 2.45) is 0 Å². The first kappa shape index (κ1) is 20.1. The first-order chi connectivity index (χ1) is 11.3. The Hall–Kier alpha value is -1.95. The molecule has 0 saturated heterocycles. The quantitative estimate of drug-likeness (QED) is 0.723. The molecule has 1 aromatic rings. The van der Waals surface area contributed by atoms with Gasteiger partial charge in [-0.3, -0.25) is 4.79 Å². The van der Waals surface area contributed by atoms with Crippen molar-refractivity contribution in [1.82, 2.24) is 5.32 Å². The molecular formula is C17H24ClNO5. The van der Waals surface area contributed by atoms with E-state index in [-0.39, 0.29) is 22.6 Å². The molecule has 0 bridgehead atoms. The largest absolute Gasteiger partial charge is 0.493 e. The highest BCUT2D eigenvalue weighted by atomic mass is 35.5. The fourth-order valence-electron chi connectivity index (χ4n) is 1.86. The van der Waals surface area contributed by atoms with Crippen molar-refractivity contribution >= 4 is 23.5 Å². The van der Waals surface area contributed by atoms with Crippen LogP contribution < -0.4 is 14.8 Å². The minimum absolute atomic E-state index is 0.100. The van der Waals surface area contributed by atoms with Crippen LogP contribution >= 0.6 is 11.6 Å². The zero-order valence-electron chi connectivity index (χ0n) is 14.6. The van der Waals surface area contributed by atoms with E-state index in [0.29, 0.717) is 18.0 Å². The second-order valence-electron chi connectivity index (χ2n) is 5.49. The maximum Gasteiger partial charge on any atom is 0.339 e. The van der Waals surface area contributed by atoms with Crippen LogP contribution in [0.5, 0.6) is 11.5 Å². The minimum atomic E-state index is -0.902. The van der Waals surface area contributed by atoms with E-state index in [1.807, 2.05) is 20.8 Å². The van der Waals surface area contributed by atoms with E-state index in [0.717, 1.165) is 6.42 Å². The molecule has 0 radical (unpaired) electrons. The van der Waals surface area contributed by atoms with Gasteiger partial charge in [0.25, 0.3) is 5.91 Å². The molecule has 1 aromatic carbocycles. The number of halogens is 1. The zero-order valence-corrected chi connectivity index (χ0v) is 15.4. The molecule has 0 unspecified atom stereocenters. The number of nitrogens with one attached hydrogen (secondary N) is 1. The van der Waals surface area contributed by atoms with Crippen LogP contribution in [0.2, 0.25) is 5.02 Å². The highest BCUT2D eigenvalue weighted by Gasteiger charge is 2.21. The monoisotopic (exact) mass is 357 g/mol. The Morgan fingerprint density at radius 3 is 2.46 bits per heavy atom. The van der Waals surface area contributed by atoms with E-state index in [1.54, 1.807) is 0 Å². The van der Waals surface area contributed by atoms with Crippen LogP contribution in [-0.2, 0) is 9.53 Å². The van der Waals surface area contributed by atoms with Crippen LogP contribution in [0.4, 0.5) is 0 Å². The molecule has 1 atom stereocenters. The second-order valence-corrected chi connectivity index (χ2v) is 5.90. The van der Waals surface area contributed by atoms with E-state index < -0.39 is 12.1 Å². The van der Waals surface area contributed by atoms with Gasteiger partial charge in [-0.2, -0.15) is 0 Å². The normalized spacial score (nSPS) is 11.8. The molecular weight excluding hydrogens is 334 g/mol. The molecule has 1 N–H and O–H groups in total. The molecule has 0 heterocycles. The number of amides is 1. The first-order valence-electron chi connectivity index (χ1n) is 7.83. The molecule has 134 valence electrons. The summed E-state index contributed by atoms with van der Waals surface area (Å²) in [4.78, 5) is 24.0. The smallest absolute Gasteiger partial charge is 0.339 e. The lowest BCUT2D eigenvalue weighted by Crippen LogP contribution is -2.36. The molecule has 0 aliphatic carbocycles. The Morgan fingerprint density at radius 2 is 1.92 bits per heavy atom. The number of esters is 1. The minimum Gasteiger partial charge on any atom is -0.493 e. The van der Waals surface area contributed by atoms with Crippen LogP contribution in [0, 0.1) is 0 Å². The lowest BCUT2D eigenvalue weighted by atomic mass is 10.2. The summed E-state index contributed by atoms with van der Waals surface area (Å²) in [5, 5.41) is 2.90. The molecule has 0 spiro atoms. The maximum atomic E-state index is 12.2. The number of hydrogen-bond donors (Lipinski definition) is 1. The van der Waals surface area contributed by atoms with Gasteiger partial charge in [-0.15, -0.1) is 0 Å². The van der Waals surface area contributed by atoms with Crippen LogP contribution in [0.25, 0.3) is 0 Å². The van der Waals surface area contributed by atoms with Crippen molar-refractivity contribution in [3.8, 4) is 11.5 Å². The molecule has 1 rings (SSSR count). The number of hydrogen-bond acceptors (Lipinski definition) is 5. The molecule has 24 heavy (non-hydrogen) atoms. The third-order valence-electron chi connectivity index (χ3n) is 3.02. The number of benzene rings is 1.